The molecule has 9 aromatic carbocycles. The van der Waals surface area contributed by atoms with Crippen LogP contribution in [-0.4, -0.2) is 11.3 Å². The number of aryl methyl sites for hydroxylation is 2. The van der Waals surface area contributed by atoms with Gasteiger partial charge in [-0.1, -0.05) is 196 Å². The van der Waals surface area contributed by atoms with E-state index in [2.05, 4.69) is 278 Å². The summed E-state index contributed by atoms with van der Waals surface area (Å²) in [6, 6.07) is 70.5. The van der Waals surface area contributed by atoms with Crippen LogP contribution in [-0.2, 0) is 16.2 Å². The maximum Gasteiger partial charge on any atom is 0.375 e. The molecular formula is C70H64BN3O. The van der Waals surface area contributed by atoms with Crippen LogP contribution in [0.4, 0.5) is 34.1 Å². The number of anilines is 6. The van der Waals surface area contributed by atoms with Crippen LogP contribution in [0, 0.1) is 13.8 Å². The Morgan fingerprint density at radius 2 is 1.09 bits per heavy atom. The van der Waals surface area contributed by atoms with Gasteiger partial charge in [0.15, 0.2) is 0 Å². The highest BCUT2D eigenvalue weighted by molar-refractivity contribution is 6.89. The van der Waals surface area contributed by atoms with E-state index in [9.17, 15) is 0 Å². The van der Waals surface area contributed by atoms with E-state index in [-0.39, 0.29) is 23.1 Å². The van der Waals surface area contributed by atoms with Gasteiger partial charge in [0.25, 0.3) is 0 Å². The fourth-order valence-electron chi connectivity index (χ4n) is 12.3. The summed E-state index contributed by atoms with van der Waals surface area (Å²) < 4.78 is 10.2. The molecule has 0 fully saturated rings. The van der Waals surface area contributed by atoms with Crippen LogP contribution >= 0.6 is 0 Å². The van der Waals surface area contributed by atoms with Crippen molar-refractivity contribution >= 4 is 84.9 Å². The number of aromatic nitrogens is 1. The molecule has 0 aliphatic carbocycles. The first kappa shape index (κ1) is 46.7. The third-order valence-corrected chi connectivity index (χ3v) is 16.3. The summed E-state index contributed by atoms with van der Waals surface area (Å²) >= 11 is 0. The minimum absolute atomic E-state index is 0.0599. The molecule has 368 valence electrons. The van der Waals surface area contributed by atoms with Crippen molar-refractivity contribution in [1.82, 2.24) is 4.48 Å². The first-order chi connectivity index (χ1) is 36.0. The topological polar surface area (TPSA) is 24.6 Å². The average molecular weight is 974 g/mol. The molecule has 2 aromatic heterocycles. The summed E-state index contributed by atoms with van der Waals surface area (Å²) in [6.07, 6.45) is 0. The van der Waals surface area contributed by atoms with Crippen molar-refractivity contribution < 1.29 is 4.42 Å². The maximum absolute atomic E-state index is 7.57. The lowest BCUT2D eigenvalue weighted by Gasteiger charge is -2.40. The Labute approximate surface area is 443 Å². The number of furan rings is 1. The van der Waals surface area contributed by atoms with E-state index in [1.54, 1.807) is 0 Å². The van der Waals surface area contributed by atoms with Crippen LogP contribution in [0.3, 0.4) is 0 Å². The van der Waals surface area contributed by atoms with Crippen molar-refractivity contribution in [3.05, 3.63) is 216 Å². The van der Waals surface area contributed by atoms with E-state index in [0.29, 0.717) is 0 Å². The SMILES string of the molecule is Cc1cccc(C)c1N1c2cc(C(C)(C)C)cc3c2B(c2oc4ccc(-c5ccc(C(C)(C)C)cc5)cc4c21)n1c2ccc(C(C)(C)C)cc2c2c(N(c4ccccc4)c4ccccc4-c4ccccc4)ccc-3c21. The van der Waals surface area contributed by atoms with Gasteiger partial charge in [0.2, 0.25) is 0 Å². The van der Waals surface area contributed by atoms with Crippen molar-refractivity contribution in [2.24, 2.45) is 0 Å². The van der Waals surface area contributed by atoms with Crippen LogP contribution in [0.25, 0.3) is 66.2 Å². The van der Waals surface area contributed by atoms with Gasteiger partial charge in [-0.2, -0.15) is 0 Å². The number of rotatable bonds is 6. The fraction of sp³-hybridized carbons (Fsp3) is 0.200. The minimum atomic E-state index is -0.286. The molecule has 0 amide bonds. The van der Waals surface area contributed by atoms with Crippen LogP contribution in [0.1, 0.15) is 90.1 Å². The molecule has 0 bridgehead atoms. The lowest BCUT2D eigenvalue weighted by atomic mass is 9.47. The molecule has 75 heavy (non-hydrogen) atoms. The van der Waals surface area contributed by atoms with E-state index < -0.39 is 0 Å². The van der Waals surface area contributed by atoms with Crippen LogP contribution < -0.4 is 20.9 Å². The summed E-state index contributed by atoms with van der Waals surface area (Å²) in [5, 5.41) is 3.56. The Bertz CT molecular complexity index is 4060. The molecule has 0 unspecified atom stereocenters. The van der Waals surface area contributed by atoms with E-state index in [1.807, 2.05) is 0 Å². The molecule has 0 N–H and O–H groups in total. The van der Waals surface area contributed by atoms with Gasteiger partial charge in [-0.25, -0.2) is 0 Å². The Balaban J connectivity index is 1.18. The number of hydrogen-bond donors (Lipinski definition) is 0. The second-order valence-electron chi connectivity index (χ2n) is 24.3. The Kier molecular flexibility index (Phi) is 10.4. The number of fused-ring (bicyclic) bond motifs is 9. The maximum atomic E-state index is 7.57. The zero-order chi connectivity index (χ0) is 51.9. The Hall–Kier alpha value is -8.02. The molecule has 0 saturated heterocycles. The summed E-state index contributed by atoms with van der Waals surface area (Å²) in [6.45, 7) is 25.1. The van der Waals surface area contributed by atoms with E-state index in [0.717, 1.165) is 39.4 Å². The summed E-state index contributed by atoms with van der Waals surface area (Å²) in [4.78, 5) is 5.09. The first-order valence-corrected chi connectivity index (χ1v) is 26.8. The summed E-state index contributed by atoms with van der Waals surface area (Å²) in [7, 11) is 0. The van der Waals surface area contributed by atoms with Crippen LogP contribution in [0.2, 0.25) is 0 Å². The number of nitrogens with zero attached hydrogens (tertiary/aromatic N) is 3. The van der Waals surface area contributed by atoms with Crippen molar-refractivity contribution in [3.8, 4) is 33.4 Å². The van der Waals surface area contributed by atoms with Crippen molar-refractivity contribution in [3.63, 3.8) is 0 Å². The predicted octanol–water partition coefficient (Wildman–Crippen LogP) is 18.3. The van der Waals surface area contributed by atoms with E-state index in [1.165, 1.54) is 99.8 Å². The molecule has 4 nitrogen and oxygen atoms in total. The fourth-order valence-corrected chi connectivity index (χ4v) is 12.3. The number of benzene rings is 9. The van der Waals surface area contributed by atoms with Crippen molar-refractivity contribution in [1.29, 1.82) is 0 Å². The summed E-state index contributed by atoms with van der Waals surface area (Å²) in [5.74, 6) is 0. The predicted molar refractivity (Wildman–Crippen MR) is 321 cm³/mol. The lowest BCUT2D eigenvalue weighted by Crippen LogP contribution is -2.56. The molecule has 4 heterocycles. The van der Waals surface area contributed by atoms with Gasteiger partial charge in [0.1, 0.15) is 11.2 Å². The highest BCUT2D eigenvalue weighted by Crippen LogP contribution is 2.54. The standard InChI is InChI=1S/C70H64BN3O/c1-43-21-20-22-44(2)64(43)73-60-42-50(70(9,10)11)41-54-53-35-37-59(72(51-25-16-13-17-26-51)57-28-19-18-27-52(57)46-23-14-12-15-24-46)62-55-40-49(69(6,7)8)34-36-58(55)74(65(53)62)71(63(54)60)67-66(73)56-39-47(31-38-61(56)75-67)45-29-32-48(33-30-45)68(3,4)5/h12-42H,1-11H3. The molecular weight excluding hydrogens is 910 g/mol. The quantitative estimate of drug-likeness (QED) is 0.155. The van der Waals surface area contributed by atoms with E-state index >= 15 is 0 Å². The molecule has 0 atom stereocenters. The molecule has 2 aliphatic rings. The zero-order valence-corrected chi connectivity index (χ0v) is 45.2. The van der Waals surface area contributed by atoms with Crippen LogP contribution in [0.15, 0.2) is 192 Å². The Morgan fingerprint density at radius 1 is 0.453 bits per heavy atom. The summed E-state index contributed by atoms with van der Waals surface area (Å²) in [5.41, 5.74) is 25.7. The second kappa shape index (κ2) is 16.7. The van der Waals surface area contributed by atoms with Gasteiger partial charge >= 0.3 is 6.85 Å². The minimum Gasteiger partial charge on any atom is -0.466 e. The largest absolute Gasteiger partial charge is 0.466 e. The third kappa shape index (κ3) is 7.33. The lowest BCUT2D eigenvalue weighted by molar-refractivity contribution is 0.590. The molecule has 0 saturated carbocycles. The molecule has 2 aliphatic heterocycles. The van der Waals surface area contributed by atoms with Gasteiger partial charge in [-0.05, 0) is 140 Å². The van der Waals surface area contributed by atoms with E-state index in [4.69, 9.17) is 4.42 Å². The smallest absolute Gasteiger partial charge is 0.375 e. The molecule has 0 spiro atoms. The monoisotopic (exact) mass is 974 g/mol. The van der Waals surface area contributed by atoms with Gasteiger partial charge in [0, 0.05) is 49.7 Å². The van der Waals surface area contributed by atoms with Crippen molar-refractivity contribution in [2.75, 3.05) is 9.80 Å². The van der Waals surface area contributed by atoms with Gasteiger partial charge in [-0.15, -0.1) is 0 Å². The van der Waals surface area contributed by atoms with Crippen LogP contribution in [0.5, 0.6) is 0 Å². The number of hydrogen-bond acceptors (Lipinski definition) is 3. The molecule has 5 heteroatoms. The zero-order valence-electron chi connectivity index (χ0n) is 45.2. The Morgan fingerprint density at radius 3 is 1.79 bits per heavy atom. The average Bonchev–Trinajstić information content (AvgIpc) is 4.02. The molecule has 11 aromatic rings. The highest BCUT2D eigenvalue weighted by Gasteiger charge is 2.48. The second-order valence-corrected chi connectivity index (χ2v) is 24.3. The van der Waals surface area contributed by atoms with Gasteiger partial charge in [0.05, 0.1) is 22.7 Å². The molecule has 0 radical (unpaired) electrons. The normalized spacial score (nSPS) is 13.2. The first-order valence-electron chi connectivity index (χ1n) is 26.8. The van der Waals surface area contributed by atoms with Crippen molar-refractivity contribution in [2.45, 2.75) is 92.4 Å². The van der Waals surface area contributed by atoms with Gasteiger partial charge < -0.3 is 18.7 Å². The highest BCUT2D eigenvalue weighted by atomic mass is 16.3. The molecule has 13 rings (SSSR count). The third-order valence-electron chi connectivity index (χ3n) is 16.3. The van der Waals surface area contributed by atoms with Gasteiger partial charge in [-0.3, -0.25) is 0 Å². The number of para-hydroxylation sites is 3.